The zero-order valence-electron chi connectivity index (χ0n) is 8.57. The van der Waals surface area contributed by atoms with E-state index in [0.717, 1.165) is 0 Å². The minimum Gasteiger partial charge on any atom is -0.305 e. The summed E-state index contributed by atoms with van der Waals surface area (Å²) in [6, 6.07) is 5.79. The molecule has 0 aliphatic rings. The number of halogens is 1. The van der Waals surface area contributed by atoms with Gasteiger partial charge in [-0.05, 0) is 24.3 Å². The standard InChI is InChI=1S/C11H7FN4O/c12-6-1-2-8-7(5-6)10(15-11(17)14-8)9-3-4-13-16-9/h1-5H,(H,13,16)(H,14,15,17). The Morgan fingerprint density at radius 3 is 2.88 bits per heavy atom. The molecule has 2 aromatic heterocycles. The first-order chi connectivity index (χ1) is 8.24. The number of fused-ring (bicyclic) bond motifs is 1. The van der Waals surface area contributed by atoms with Gasteiger partial charge in [0.15, 0.2) is 0 Å². The van der Waals surface area contributed by atoms with Crippen molar-refractivity contribution in [3.63, 3.8) is 0 Å². The molecule has 6 heteroatoms. The number of hydrogen-bond acceptors (Lipinski definition) is 3. The lowest BCUT2D eigenvalue weighted by Crippen LogP contribution is -2.11. The summed E-state index contributed by atoms with van der Waals surface area (Å²) in [7, 11) is 0. The molecule has 0 spiro atoms. The molecule has 0 saturated heterocycles. The van der Waals surface area contributed by atoms with E-state index >= 15 is 0 Å². The monoisotopic (exact) mass is 230 g/mol. The second-order valence-electron chi connectivity index (χ2n) is 3.55. The van der Waals surface area contributed by atoms with Crippen LogP contribution in [0.5, 0.6) is 0 Å². The van der Waals surface area contributed by atoms with E-state index < -0.39 is 5.69 Å². The van der Waals surface area contributed by atoms with Crippen molar-refractivity contribution in [2.24, 2.45) is 0 Å². The van der Waals surface area contributed by atoms with Crippen LogP contribution in [-0.2, 0) is 0 Å². The molecule has 2 heterocycles. The molecule has 3 aromatic rings. The molecule has 84 valence electrons. The summed E-state index contributed by atoms with van der Waals surface area (Å²) in [4.78, 5) is 17.8. The summed E-state index contributed by atoms with van der Waals surface area (Å²) in [6.07, 6.45) is 1.54. The molecule has 1 aromatic carbocycles. The van der Waals surface area contributed by atoms with Gasteiger partial charge in [0, 0.05) is 11.6 Å². The Labute approximate surface area is 94.3 Å². The first-order valence-corrected chi connectivity index (χ1v) is 4.93. The van der Waals surface area contributed by atoms with Gasteiger partial charge in [-0.3, -0.25) is 5.10 Å². The fourth-order valence-electron chi connectivity index (χ4n) is 1.72. The maximum absolute atomic E-state index is 13.2. The van der Waals surface area contributed by atoms with Crippen molar-refractivity contribution >= 4 is 10.9 Å². The van der Waals surface area contributed by atoms with Crippen LogP contribution in [-0.4, -0.2) is 20.2 Å². The number of rotatable bonds is 1. The molecule has 3 rings (SSSR count). The molecular weight excluding hydrogens is 223 g/mol. The van der Waals surface area contributed by atoms with Gasteiger partial charge in [0.05, 0.1) is 11.2 Å². The molecule has 0 aliphatic carbocycles. The fraction of sp³-hybridized carbons (Fsp3) is 0. The maximum atomic E-state index is 13.2. The van der Waals surface area contributed by atoms with Crippen molar-refractivity contribution in [3.8, 4) is 11.4 Å². The smallest absolute Gasteiger partial charge is 0.305 e. The molecule has 17 heavy (non-hydrogen) atoms. The third-order valence-corrected chi connectivity index (χ3v) is 2.45. The number of hydrogen-bond donors (Lipinski definition) is 2. The van der Waals surface area contributed by atoms with Crippen molar-refractivity contribution < 1.29 is 4.39 Å². The van der Waals surface area contributed by atoms with Crippen molar-refractivity contribution in [1.29, 1.82) is 0 Å². The topological polar surface area (TPSA) is 74.4 Å². The number of H-pyrrole nitrogens is 2. The van der Waals surface area contributed by atoms with E-state index in [4.69, 9.17) is 0 Å². The fourth-order valence-corrected chi connectivity index (χ4v) is 1.72. The average molecular weight is 230 g/mol. The van der Waals surface area contributed by atoms with Gasteiger partial charge < -0.3 is 4.98 Å². The van der Waals surface area contributed by atoms with Crippen molar-refractivity contribution in [2.75, 3.05) is 0 Å². The van der Waals surface area contributed by atoms with E-state index in [9.17, 15) is 9.18 Å². The summed E-state index contributed by atoms with van der Waals surface area (Å²) in [5.41, 5.74) is 1.03. The van der Waals surface area contributed by atoms with E-state index in [1.807, 2.05) is 0 Å². The lowest BCUT2D eigenvalue weighted by atomic mass is 10.1. The first kappa shape index (κ1) is 9.71. The molecule has 0 bridgehead atoms. The third-order valence-electron chi connectivity index (χ3n) is 2.45. The number of nitrogens with zero attached hydrogens (tertiary/aromatic N) is 2. The predicted octanol–water partition coefficient (Wildman–Crippen LogP) is 1.45. The van der Waals surface area contributed by atoms with Gasteiger partial charge in [0.2, 0.25) is 0 Å². The zero-order chi connectivity index (χ0) is 11.8. The average Bonchev–Trinajstić information content (AvgIpc) is 2.82. The van der Waals surface area contributed by atoms with Crippen molar-refractivity contribution in [2.45, 2.75) is 0 Å². The highest BCUT2D eigenvalue weighted by Gasteiger charge is 2.09. The van der Waals surface area contributed by atoms with Crippen LogP contribution in [0.1, 0.15) is 0 Å². The van der Waals surface area contributed by atoms with Crippen LogP contribution < -0.4 is 5.69 Å². The number of aromatic amines is 2. The molecule has 0 saturated carbocycles. The Balaban J connectivity index is 2.44. The Kier molecular flexibility index (Phi) is 2.01. The van der Waals surface area contributed by atoms with Crippen LogP contribution in [0.4, 0.5) is 4.39 Å². The lowest BCUT2D eigenvalue weighted by Gasteiger charge is -2.02. The number of nitrogens with one attached hydrogen (secondary N) is 2. The molecule has 0 amide bonds. The highest BCUT2D eigenvalue weighted by molar-refractivity contribution is 5.90. The van der Waals surface area contributed by atoms with Crippen LogP contribution in [0.15, 0.2) is 35.3 Å². The first-order valence-electron chi connectivity index (χ1n) is 4.93. The summed E-state index contributed by atoms with van der Waals surface area (Å²) in [6.45, 7) is 0. The minimum atomic E-state index is -0.478. The van der Waals surface area contributed by atoms with Gasteiger partial charge >= 0.3 is 5.69 Å². The molecule has 5 nitrogen and oxygen atoms in total. The van der Waals surface area contributed by atoms with Gasteiger partial charge in [0.1, 0.15) is 11.5 Å². The molecule has 0 fully saturated rings. The van der Waals surface area contributed by atoms with Gasteiger partial charge in [-0.1, -0.05) is 0 Å². The number of aromatic nitrogens is 4. The summed E-state index contributed by atoms with van der Waals surface area (Å²) in [5.74, 6) is -0.382. The van der Waals surface area contributed by atoms with Gasteiger partial charge in [0.25, 0.3) is 0 Å². The van der Waals surface area contributed by atoms with E-state index in [2.05, 4.69) is 20.2 Å². The van der Waals surface area contributed by atoms with Crippen LogP contribution >= 0.6 is 0 Å². The van der Waals surface area contributed by atoms with Crippen LogP contribution in [0.2, 0.25) is 0 Å². The summed E-state index contributed by atoms with van der Waals surface area (Å²) < 4.78 is 13.2. The van der Waals surface area contributed by atoms with Crippen LogP contribution in [0.3, 0.4) is 0 Å². The second kappa shape index (κ2) is 3.51. The zero-order valence-corrected chi connectivity index (χ0v) is 8.57. The van der Waals surface area contributed by atoms with E-state index in [-0.39, 0.29) is 5.82 Å². The largest absolute Gasteiger partial charge is 0.346 e. The minimum absolute atomic E-state index is 0.382. The summed E-state index contributed by atoms with van der Waals surface area (Å²) in [5, 5.41) is 7.03. The van der Waals surface area contributed by atoms with E-state index in [1.165, 1.54) is 18.2 Å². The molecule has 0 unspecified atom stereocenters. The Morgan fingerprint density at radius 1 is 1.24 bits per heavy atom. The maximum Gasteiger partial charge on any atom is 0.346 e. The predicted molar refractivity (Wildman–Crippen MR) is 59.9 cm³/mol. The Hall–Kier alpha value is -2.50. The quantitative estimate of drug-likeness (QED) is 0.664. The highest BCUT2D eigenvalue weighted by Crippen LogP contribution is 2.22. The molecule has 0 radical (unpaired) electrons. The van der Waals surface area contributed by atoms with Gasteiger partial charge in [-0.15, -0.1) is 0 Å². The van der Waals surface area contributed by atoms with E-state index in [1.54, 1.807) is 12.3 Å². The molecule has 0 atom stereocenters. The SMILES string of the molecule is O=c1nc(-c2ccn[nH]2)c2cc(F)ccc2[nH]1. The van der Waals surface area contributed by atoms with E-state index in [0.29, 0.717) is 22.3 Å². The molecule has 0 aliphatic heterocycles. The lowest BCUT2D eigenvalue weighted by molar-refractivity contribution is 0.629. The van der Waals surface area contributed by atoms with Crippen molar-refractivity contribution in [3.05, 3.63) is 46.8 Å². The van der Waals surface area contributed by atoms with Gasteiger partial charge in [-0.2, -0.15) is 10.1 Å². The highest BCUT2D eigenvalue weighted by atomic mass is 19.1. The Morgan fingerprint density at radius 2 is 2.12 bits per heavy atom. The Bertz CT molecular complexity index is 733. The van der Waals surface area contributed by atoms with Crippen LogP contribution in [0.25, 0.3) is 22.3 Å². The normalized spacial score (nSPS) is 10.9. The van der Waals surface area contributed by atoms with Gasteiger partial charge in [-0.25, -0.2) is 9.18 Å². The molecule has 2 N–H and O–H groups in total. The number of benzene rings is 1. The second-order valence-corrected chi connectivity index (χ2v) is 3.55. The summed E-state index contributed by atoms with van der Waals surface area (Å²) >= 11 is 0. The van der Waals surface area contributed by atoms with Crippen molar-refractivity contribution in [1.82, 2.24) is 20.2 Å². The molecular formula is C11H7FN4O. The van der Waals surface area contributed by atoms with Crippen LogP contribution in [0, 0.1) is 5.82 Å². The third kappa shape index (κ3) is 1.59.